The Labute approximate surface area is 106 Å². The predicted molar refractivity (Wildman–Crippen MR) is 69.9 cm³/mol. The lowest BCUT2D eigenvalue weighted by atomic mass is 10.0. The van der Waals surface area contributed by atoms with Gasteiger partial charge in [0.1, 0.15) is 0 Å². The molecule has 3 heteroatoms. The Morgan fingerprint density at radius 2 is 2.00 bits per heavy atom. The zero-order valence-corrected chi connectivity index (χ0v) is 10.9. The Morgan fingerprint density at radius 1 is 1.31 bits per heavy atom. The van der Waals surface area contributed by atoms with E-state index in [0.717, 1.165) is 28.5 Å². The highest BCUT2D eigenvalue weighted by Gasteiger charge is 2.52. The van der Waals surface area contributed by atoms with E-state index in [1.165, 1.54) is 30.6 Å². The minimum Gasteiger partial charge on any atom is -0.327 e. The molecule has 0 saturated heterocycles. The maximum atomic E-state index is 6.34. The fourth-order valence-electron chi connectivity index (χ4n) is 3.51. The average molecular weight is 256 g/mol. The highest BCUT2D eigenvalue weighted by Crippen LogP contribution is 2.56. The van der Waals surface area contributed by atoms with Gasteiger partial charge >= 0.3 is 0 Å². The van der Waals surface area contributed by atoms with Gasteiger partial charge in [0.15, 0.2) is 0 Å². The van der Waals surface area contributed by atoms with E-state index >= 15 is 0 Å². The topological polar surface area (TPSA) is 26.0 Å². The summed E-state index contributed by atoms with van der Waals surface area (Å²) in [5.74, 6) is 2.72. The van der Waals surface area contributed by atoms with E-state index in [9.17, 15) is 0 Å². The fraction of sp³-hybridized carbons (Fsp3) is 0.692. The Bertz CT molecular complexity index is 364. The van der Waals surface area contributed by atoms with Crippen molar-refractivity contribution < 1.29 is 0 Å². The van der Waals surface area contributed by atoms with Crippen LogP contribution < -0.4 is 5.73 Å². The number of halogens is 1. The van der Waals surface area contributed by atoms with Crippen LogP contribution in [0.3, 0.4) is 0 Å². The molecule has 1 heterocycles. The van der Waals surface area contributed by atoms with E-state index in [1.54, 1.807) is 11.3 Å². The van der Waals surface area contributed by atoms with E-state index in [4.69, 9.17) is 17.3 Å². The maximum Gasteiger partial charge on any atom is 0.0931 e. The molecule has 3 unspecified atom stereocenters. The third-order valence-corrected chi connectivity index (χ3v) is 5.54. The van der Waals surface area contributed by atoms with Crippen LogP contribution in [0.2, 0.25) is 4.34 Å². The van der Waals surface area contributed by atoms with Crippen molar-refractivity contribution in [2.45, 2.75) is 38.1 Å². The molecule has 1 nitrogen and oxygen atoms in total. The smallest absolute Gasteiger partial charge is 0.0931 e. The number of fused-ring (bicyclic) bond motifs is 1. The summed E-state index contributed by atoms with van der Waals surface area (Å²) in [6, 6.07) is 4.47. The molecule has 0 radical (unpaired) electrons. The molecular weight excluding hydrogens is 238 g/mol. The van der Waals surface area contributed by atoms with Crippen LogP contribution in [0.1, 0.15) is 30.6 Å². The van der Waals surface area contributed by atoms with Crippen molar-refractivity contribution in [2.24, 2.45) is 23.5 Å². The molecule has 3 atom stereocenters. The Morgan fingerprint density at radius 3 is 2.56 bits per heavy atom. The summed E-state index contributed by atoms with van der Waals surface area (Å²) in [5.41, 5.74) is 6.34. The highest BCUT2D eigenvalue weighted by molar-refractivity contribution is 7.16. The lowest BCUT2D eigenvalue weighted by molar-refractivity contribution is 0.480. The Kier molecular flexibility index (Phi) is 2.99. The molecule has 2 fully saturated rings. The van der Waals surface area contributed by atoms with Gasteiger partial charge < -0.3 is 5.73 Å². The molecule has 16 heavy (non-hydrogen) atoms. The summed E-state index contributed by atoms with van der Waals surface area (Å²) in [6.45, 7) is 0. The molecule has 0 aromatic carbocycles. The summed E-state index contributed by atoms with van der Waals surface area (Å²) in [5, 5.41) is 0. The molecule has 88 valence electrons. The molecule has 2 saturated carbocycles. The van der Waals surface area contributed by atoms with Crippen LogP contribution in [0.5, 0.6) is 0 Å². The van der Waals surface area contributed by atoms with Crippen molar-refractivity contribution in [3.63, 3.8) is 0 Å². The van der Waals surface area contributed by atoms with Crippen LogP contribution in [-0.4, -0.2) is 6.04 Å². The SMILES string of the molecule is NC(Cc1ccc(Cl)s1)C1C2CCCCC21. The first-order valence-corrected chi connectivity index (χ1v) is 7.45. The van der Waals surface area contributed by atoms with E-state index < -0.39 is 0 Å². The number of hydrogen-bond acceptors (Lipinski definition) is 2. The first kappa shape index (κ1) is 11.1. The molecule has 1 aromatic heterocycles. The predicted octanol–water partition coefficient (Wildman–Crippen LogP) is 3.71. The molecule has 3 rings (SSSR count). The molecule has 0 amide bonds. The maximum absolute atomic E-state index is 6.34. The monoisotopic (exact) mass is 255 g/mol. The molecule has 0 spiro atoms. The molecule has 0 bridgehead atoms. The summed E-state index contributed by atoms with van der Waals surface area (Å²) in [6.07, 6.45) is 6.72. The van der Waals surface area contributed by atoms with Gasteiger partial charge in [-0.2, -0.15) is 0 Å². The second kappa shape index (κ2) is 4.32. The van der Waals surface area contributed by atoms with Gasteiger partial charge in [-0.05, 0) is 49.1 Å². The van der Waals surface area contributed by atoms with Crippen LogP contribution >= 0.6 is 22.9 Å². The third-order valence-electron chi connectivity index (χ3n) is 4.28. The van der Waals surface area contributed by atoms with Crippen LogP contribution in [-0.2, 0) is 6.42 Å². The zero-order chi connectivity index (χ0) is 11.1. The summed E-state index contributed by atoms with van der Waals surface area (Å²) < 4.78 is 0.885. The van der Waals surface area contributed by atoms with Gasteiger partial charge in [0, 0.05) is 10.9 Å². The van der Waals surface area contributed by atoms with Crippen LogP contribution in [0.4, 0.5) is 0 Å². The standard InChI is InChI=1S/C13H18ClNS/c14-12-6-5-8(16-12)7-11(15)13-9-3-1-2-4-10(9)13/h5-6,9-11,13H,1-4,7,15H2. The van der Waals surface area contributed by atoms with Crippen molar-refractivity contribution >= 4 is 22.9 Å². The first-order valence-electron chi connectivity index (χ1n) is 6.25. The molecular formula is C13H18ClNS. The van der Waals surface area contributed by atoms with Gasteiger partial charge in [-0.25, -0.2) is 0 Å². The van der Waals surface area contributed by atoms with Crippen molar-refractivity contribution in [1.82, 2.24) is 0 Å². The Balaban J connectivity index is 1.60. The normalized spacial score (nSPS) is 34.5. The van der Waals surface area contributed by atoms with E-state index in [1.807, 2.05) is 6.07 Å². The van der Waals surface area contributed by atoms with Gasteiger partial charge in [0.25, 0.3) is 0 Å². The van der Waals surface area contributed by atoms with Gasteiger partial charge in [0.2, 0.25) is 0 Å². The summed E-state index contributed by atoms with van der Waals surface area (Å²) in [7, 11) is 0. The van der Waals surface area contributed by atoms with Crippen molar-refractivity contribution in [1.29, 1.82) is 0 Å². The van der Waals surface area contributed by atoms with Gasteiger partial charge in [-0.1, -0.05) is 24.4 Å². The number of nitrogens with two attached hydrogens (primary N) is 1. The lowest BCUT2D eigenvalue weighted by Gasteiger charge is -2.09. The quantitative estimate of drug-likeness (QED) is 0.876. The second-order valence-electron chi connectivity index (χ2n) is 5.26. The lowest BCUT2D eigenvalue weighted by Crippen LogP contribution is -2.26. The van der Waals surface area contributed by atoms with Crippen LogP contribution in [0, 0.1) is 17.8 Å². The first-order chi connectivity index (χ1) is 7.75. The van der Waals surface area contributed by atoms with Gasteiger partial charge in [0.05, 0.1) is 4.34 Å². The molecule has 0 aliphatic heterocycles. The van der Waals surface area contributed by atoms with Crippen molar-refractivity contribution in [3.8, 4) is 0 Å². The Hall–Kier alpha value is -0.0500. The van der Waals surface area contributed by atoms with Gasteiger partial charge in [-0.15, -0.1) is 11.3 Å². The van der Waals surface area contributed by atoms with Gasteiger partial charge in [-0.3, -0.25) is 0 Å². The van der Waals surface area contributed by atoms with Crippen molar-refractivity contribution in [2.75, 3.05) is 0 Å². The van der Waals surface area contributed by atoms with Crippen molar-refractivity contribution in [3.05, 3.63) is 21.3 Å². The third kappa shape index (κ3) is 2.03. The fourth-order valence-corrected chi connectivity index (χ4v) is 4.67. The van der Waals surface area contributed by atoms with Crippen LogP contribution in [0.25, 0.3) is 0 Å². The largest absolute Gasteiger partial charge is 0.327 e. The van der Waals surface area contributed by atoms with Crippen LogP contribution in [0.15, 0.2) is 12.1 Å². The number of hydrogen-bond donors (Lipinski definition) is 1. The molecule has 2 N–H and O–H groups in total. The average Bonchev–Trinajstić information content (AvgIpc) is 2.88. The second-order valence-corrected chi connectivity index (χ2v) is 7.06. The number of thiophene rings is 1. The number of rotatable bonds is 3. The summed E-state index contributed by atoms with van der Waals surface area (Å²) in [4.78, 5) is 1.35. The van der Waals surface area contributed by atoms with E-state index in [2.05, 4.69) is 6.07 Å². The minimum absolute atomic E-state index is 0.364. The highest BCUT2D eigenvalue weighted by atomic mass is 35.5. The summed E-state index contributed by atoms with van der Waals surface area (Å²) >= 11 is 7.62. The van der Waals surface area contributed by atoms with E-state index in [-0.39, 0.29) is 0 Å². The molecule has 2 aliphatic rings. The molecule has 1 aromatic rings. The van der Waals surface area contributed by atoms with E-state index in [0.29, 0.717) is 6.04 Å². The minimum atomic E-state index is 0.364. The zero-order valence-electron chi connectivity index (χ0n) is 9.36. The molecule has 2 aliphatic carbocycles.